The largest absolute Gasteiger partial charge is 0.478 e. The predicted molar refractivity (Wildman–Crippen MR) is 75.5 cm³/mol. The molecule has 0 unspecified atom stereocenters. The molecule has 0 aliphatic carbocycles. The number of aromatic nitrogens is 2. The fourth-order valence-electron chi connectivity index (χ4n) is 2.78. The third-order valence-electron chi connectivity index (χ3n) is 4.28. The number of carbonyl (C=O) groups is 1. The standard InChI is InChI=1S/C15H20N2O2/c1-4-15(5-2,6-3)17-10-16-12-9-11(14(18)19)7-8-13(12)17/h7-10H,4-6H2,1-3H3,(H,18,19). The summed E-state index contributed by atoms with van der Waals surface area (Å²) < 4.78 is 2.20. The molecule has 1 N–H and O–H groups in total. The average Bonchev–Trinajstić information content (AvgIpc) is 2.85. The lowest BCUT2D eigenvalue weighted by molar-refractivity contribution is 0.0697. The van der Waals surface area contributed by atoms with Crippen molar-refractivity contribution in [3.05, 3.63) is 30.1 Å². The highest BCUT2D eigenvalue weighted by Gasteiger charge is 2.27. The van der Waals surface area contributed by atoms with Crippen LogP contribution in [0.5, 0.6) is 0 Å². The van der Waals surface area contributed by atoms with E-state index >= 15 is 0 Å². The molecule has 0 fully saturated rings. The average molecular weight is 260 g/mol. The van der Waals surface area contributed by atoms with Gasteiger partial charge >= 0.3 is 5.97 Å². The summed E-state index contributed by atoms with van der Waals surface area (Å²) >= 11 is 0. The molecular formula is C15H20N2O2. The van der Waals surface area contributed by atoms with Crippen LogP contribution >= 0.6 is 0 Å². The van der Waals surface area contributed by atoms with Gasteiger partial charge in [-0.05, 0) is 37.5 Å². The van der Waals surface area contributed by atoms with Gasteiger partial charge in [-0.3, -0.25) is 0 Å². The van der Waals surface area contributed by atoms with E-state index in [-0.39, 0.29) is 11.1 Å². The molecular weight excluding hydrogens is 240 g/mol. The maximum Gasteiger partial charge on any atom is 0.335 e. The molecule has 0 radical (unpaired) electrons. The number of benzene rings is 1. The normalized spacial score (nSPS) is 11.9. The van der Waals surface area contributed by atoms with E-state index in [0.29, 0.717) is 0 Å². The van der Waals surface area contributed by atoms with E-state index in [1.807, 2.05) is 12.4 Å². The van der Waals surface area contributed by atoms with Gasteiger partial charge in [0.1, 0.15) is 0 Å². The van der Waals surface area contributed by atoms with Gasteiger partial charge in [0.2, 0.25) is 0 Å². The van der Waals surface area contributed by atoms with Crippen LogP contribution in [-0.4, -0.2) is 20.6 Å². The quantitative estimate of drug-likeness (QED) is 0.892. The summed E-state index contributed by atoms with van der Waals surface area (Å²) in [6.07, 6.45) is 4.94. The molecule has 1 heterocycles. The van der Waals surface area contributed by atoms with E-state index in [0.717, 1.165) is 30.3 Å². The molecule has 0 bridgehead atoms. The van der Waals surface area contributed by atoms with Crippen LogP contribution in [0.3, 0.4) is 0 Å². The Hall–Kier alpha value is -1.84. The third-order valence-corrected chi connectivity index (χ3v) is 4.28. The first-order valence-electron chi connectivity index (χ1n) is 6.78. The maximum atomic E-state index is 11.0. The van der Waals surface area contributed by atoms with E-state index in [1.165, 1.54) is 0 Å². The number of nitrogens with zero attached hydrogens (tertiary/aromatic N) is 2. The first-order chi connectivity index (χ1) is 9.07. The lowest BCUT2D eigenvalue weighted by Crippen LogP contribution is -2.30. The molecule has 19 heavy (non-hydrogen) atoms. The van der Waals surface area contributed by atoms with Crippen molar-refractivity contribution in [1.29, 1.82) is 0 Å². The van der Waals surface area contributed by atoms with Gasteiger partial charge in [0, 0.05) is 5.54 Å². The van der Waals surface area contributed by atoms with Crippen molar-refractivity contribution in [2.45, 2.75) is 45.6 Å². The molecule has 1 aromatic carbocycles. The van der Waals surface area contributed by atoms with Gasteiger partial charge in [-0.25, -0.2) is 9.78 Å². The first kappa shape index (κ1) is 13.6. The Labute approximate surface area is 113 Å². The lowest BCUT2D eigenvalue weighted by Gasteiger charge is -2.33. The van der Waals surface area contributed by atoms with Crippen LogP contribution in [0.2, 0.25) is 0 Å². The van der Waals surface area contributed by atoms with Crippen molar-refractivity contribution in [2.24, 2.45) is 0 Å². The van der Waals surface area contributed by atoms with Crippen LogP contribution in [-0.2, 0) is 5.54 Å². The molecule has 2 rings (SSSR count). The number of carboxylic acid groups (broad SMARTS) is 1. The summed E-state index contributed by atoms with van der Waals surface area (Å²) in [4.78, 5) is 15.4. The fourth-order valence-corrected chi connectivity index (χ4v) is 2.78. The van der Waals surface area contributed by atoms with Crippen molar-refractivity contribution >= 4 is 17.0 Å². The molecule has 0 amide bonds. The van der Waals surface area contributed by atoms with Crippen LogP contribution < -0.4 is 0 Å². The Morgan fingerprint density at radius 2 is 1.89 bits per heavy atom. The molecule has 4 nitrogen and oxygen atoms in total. The van der Waals surface area contributed by atoms with Gasteiger partial charge in [0.15, 0.2) is 0 Å². The summed E-state index contributed by atoms with van der Waals surface area (Å²) in [6, 6.07) is 5.15. The molecule has 0 atom stereocenters. The Morgan fingerprint density at radius 3 is 2.42 bits per heavy atom. The predicted octanol–water partition coefficient (Wildman–Crippen LogP) is 3.66. The molecule has 4 heteroatoms. The molecule has 0 saturated carbocycles. The summed E-state index contributed by atoms with van der Waals surface area (Å²) in [5.74, 6) is -0.913. The van der Waals surface area contributed by atoms with Gasteiger partial charge in [-0.1, -0.05) is 20.8 Å². The van der Waals surface area contributed by atoms with Crippen molar-refractivity contribution in [2.75, 3.05) is 0 Å². The van der Waals surface area contributed by atoms with Gasteiger partial charge < -0.3 is 9.67 Å². The minimum absolute atomic E-state index is 0.0689. The zero-order valence-electron chi connectivity index (χ0n) is 11.7. The maximum absolute atomic E-state index is 11.0. The van der Waals surface area contributed by atoms with Crippen LogP contribution in [0.25, 0.3) is 11.0 Å². The van der Waals surface area contributed by atoms with Crippen molar-refractivity contribution in [3.8, 4) is 0 Å². The van der Waals surface area contributed by atoms with Gasteiger partial charge in [-0.15, -0.1) is 0 Å². The summed E-state index contributed by atoms with van der Waals surface area (Å²) in [5, 5.41) is 9.01. The minimum Gasteiger partial charge on any atom is -0.478 e. The lowest BCUT2D eigenvalue weighted by atomic mass is 9.89. The van der Waals surface area contributed by atoms with E-state index in [1.54, 1.807) is 12.1 Å². The highest BCUT2D eigenvalue weighted by atomic mass is 16.4. The molecule has 0 saturated heterocycles. The van der Waals surface area contributed by atoms with Crippen LogP contribution in [0.4, 0.5) is 0 Å². The third kappa shape index (κ3) is 2.11. The molecule has 0 spiro atoms. The highest BCUT2D eigenvalue weighted by molar-refractivity contribution is 5.92. The van der Waals surface area contributed by atoms with E-state index < -0.39 is 5.97 Å². The van der Waals surface area contributed by atoms with Crippen LogP contribution in [0.1, 0.15) is 50.4 Å². The highest BCUT2D eigenvalue weighted by Crippen LogP contribution is 2.32. The zero-order chi connectivity index (χ0) is 14.0. The van der Waals surface area contributed by atoms with E-state index in [2.05, 4.69) is 30.3 Å². The van der Waals surface area contributed by atoms with Crippen molar-refractivity contribution in [1.82, 2.24) is 9.55 Å². The van der Waals surface area contributed by atoms with E-state index in [9.17, 15) is 4.79 Å². The number of carboxylic acids is 1. The van der Waals surface area contributed by atoms with Crippen LogP contribution in [0, 0.1) is 0 Å². The second-order valence-corrected chi connectivity index (χ2v) is 4.91. The molecule has 0 aliphatic heterocycles. The summed E-state index contributed by atoms with van der Waals surface area (Å²) in [6.45, 7) is 6.55. The molecule has 1 aromatic heterocycles. The number of hydrogen-bond acceptors (Lipinski definition) is 2. The second-order valence-electron chi connectivity index (χ2n) is 4.91. The van der Waals surface area contributed by atoms with Crippen LogP contribution in [0.15, 0.2) is 24.5 Å². The van der Waals surface area contributed by atoms with Crippen molar-refractivity contribution < 1.29 is 9.90 Å². The molecule has 0 aliphatic rings. The number of fused-ring (bicyclic) bond motifs is 1. The first-order valence-corrected chi connectivity index (χ1v) is 6.78. The second kappa shape index (κ2) is 5.03. The van der Waals surface area contributed by atoms with Gasteiger partial charge in [0.05, 0.1) is 22.9 Å². The Balaban J connectivity index is 2.60. The zero-order valence-corrected chi connectivity index (χ0v) is 11.7. The fraction of sp³-hybridized carbons (Fsp3) is 0.467. The number of imidazole rings is 1. The Kier molecular flexibility index (Phi) is 3.60. The number of rotatable bonds is 5. The SMILES string of the molecule is CCC(CC)(CC)n1cnc2cc(C(=O)O)ccc21. The Bertz CT molecular complexity index is 589. The van der Waals surface area contributed by atoms with Gasteiger partial charge in [0.25, 0.3) is 0 Å². The topological polar surface area (TPSA) is 55.1 Å². The van der Waals surface area contributed by atoms with Crippen molar-refractivity contribution in [3.63, 3.8) is 0 Å². The van der Waals surface area contributed by atoms with Gasteiger partial charge in [-0.2, -0.15) is 0 Å². The number of aromatic carboxylic acids is 1. The monoisotopic (exact) mass is 260 g/mol. The molecule has 102 valence electrons. The van der Waals surface area contributed by atoms with E-state index in [4.69, 9.17) is 5.11 Å². The summed E-state index contributed by atoms with van der Waals surface area (Å²) in [7, 11) is 0. The Morgan fingerprint density at radius 1 is 1.26 bits per heavy atom. The molecule has 2 aromatic rings. The number of hydrogen-bond donors (Lipinski definition) is 1. The smallest absolute Gasteiger partial charge is 0.335 e. The minimum atomic E-state index is -0.913. The summed E-state index contributed by atoms with van der Waals surface area (Å²) in [5.41, 5.74) is 2.11.